The molecule has 0 atom stereocenters. The average Bonchev–Trinajstić information content (AvgIpc) is 2.67. The number of carbonyl (C=O) groups excluding carboxylic acids is 2. The highest BCUT2D eigenvalue weighted by atomic mass is 16.5. The number of anilines is 1. The molecule has 3 N–H and O–H groups in total. The molecule has 0 aliphatic heterocycles. The van der Waals surface area contributed by atoms with E-state index in [2.05, 4.69) is 16.0 Å². The molecule has 0 heterocycles. The van der Waals surface area contributed by atoms with Crippen LogP contribution in [0.3, 0.4) is 0 Å². The molecule has 0 unspecified atom stereocenters. The first-order chi connectivity index (χ1) is 13.0. The van der Waals surface area contributed by atoms with Gasteiger partial charge in [-0.25, -0.2) is 0 Å². The van der Waals surface area contributed by atoms with Gasteiger partial charge in [-0.1, -0.05) is 26.0 Å². The number of nitrogens with one attached hydrogen (secondary N) is 3. The van der Waals surface area contributed by atoms with E-state index in [4.69, 9.17) is 4.74 Å². The minimum Gasteiger partial charge on any atom is -0.497 e. The molecule has 0 spiro atoms. The van der Waals surface area contributed by atoms with E-state index in [1.807, 2.05) is 38.1 Å². The molecule has 0 aliphatic rings. The SMILES string of the molecule is COc1ccc(C(=O)Nc2cccc(CNCCNC(=O)C(C)C)c2)cc1. The summed E-state index contributed by atoms with van der Waals surface area (Å²) in [6, 6.07) is 14.6. The quantitative estimate of drug-likeness (QED) is 0.594. The fourth-order valence-corrected chi connectivity index (χ4v) is 2.42. The number of carbonyl (C=O) groups is 2. The van der Waals surface area contributed by atoms with Gasteiger partial charge >= 0.3 is 0 Å². The smallest absolute Gasteiger partial charge is 0.255 e. The lowest BCUT2D eigenvalue weighted by molar-refractivity contribution is -0.123. The second-order valence-electron chi connectivity index (χ2n) is 6.51. The first-order valence-electron chi connectivity index (χ1n) is 9.02. The van der Waals surface area contributed by atoms with Crippen molar-refractivity contribution in [1.29, 1.82) is 0 Å². The number of hydrogen-bond donors (Lipinski definition) is 3. The predicted molar refractivity (Wildman–Crippen MR) is 107 cm³/mol. The van der Waals surface area contributed by atoms with Gasteiger partial charge in [-0.05, 0) is 42.0 Å². The summed E-state index contributed by atoms with van der Waals surface area (Å²) in [4.78, 5) is 23.8. The normalized spacial score (nSPS) is 10.5. The van der Waals surface area contributed by atoms with Crippen molar-refractivity contribution in [1.82, 2.24) is 10.6 Å². The largest absolute Gasteiger partial charge is 0.497 e. The van der Waals surface area contributed by atoms with Crippen LogP contribution in [0.2, 0.25) is 0 Å². The fraction of sp³-hybridized carbons (Fsp3) is 0.333. The van der Waals surface area contributed by atoms with Crippen LogP contribution in [0, 0.1) is 5.92 Å². The Labute approximate surface area is 160 Å². The van der Waals surface area contributed by atoms with Crippen molar-refractivity contribution >= 4 is 17.5 Å². The predicted octanol–water partition coefficient (Wildman–Crippen LogP) is 2.81. The standard InChI is InChI=1S/C21H27N3O3/c1-15(2)20(25)23-12-11-22-14-16-5-4-6-18(13-16)24-21(26)17-7-9-19(27-3)10-8-17/h4-10,13,15,22H,11-12,14H2,1-3H3,(H,23,25)(H,24,26). The van der Waals surface area contributed by atoms with E-state index >= 15 is 0 Å². The van der Waals surface area contributed by atoms with Gasteiger partial charge in [0.25, 0.3) is 5.91 Å². The van der Waals surface area contributed by atoms with Crippen molar-refractivity contribution in [3.8, 4) is 5.75 Å². The van der Waals surface area contributed by atoms with Crippen LogP contribution in [0.15, 0.2) is 48.5 Å². The molecule has 0 fully saturated rings. The summed E-state index contributed by atoms with van der Waals surface area (Å²) in [6.07, 6.45) is 0. The molecule has 0 saturated carbocycles. The van der Waals surface area contributed by atoms with Crippen LogP contribution in [0.5, 0.6) is 5.75 Å². The maximum atomic E-state index is 12.3. The zero-order valence-corrected chi connectivity index (χ0v) is 16.0. The molecule has 2 amide bonds. The Morgan fingerprint density at radius 2 is 1.78 bits per heavy atom. The fourth-order valence-electron chi connectivity index (χ4n) is 2.42. The highest BCUT2D eigenvalue weighted by molar-refractivity contribution is 6.04. The Morgan fingerprint density at radius 1 is 1.04 bits per heavy atom. The van der Waals surface area contributed by atoms with E-state index in [0.717, 1.165) is 11.3 Å². The minimum atomic E-state index is -0.167. The molecular formula is C21H27N3O3. The third kappa shape index (κ3) is 6.75. The van der Waals surface area contributed by atoms with Crippen molar-refractivity contribution in [2.45, 2.75) is 20.4 Å². The van der Waals surface area contributed by atoms with Gasteiger partial charge in [-0.2, -0.15) is 0 Å². The second-order valence-corrected chi connectivity index (χ2v) is 6.51. The van der Waals surface area contributed by atoms with E-state index < -0.39 is 0 Å². The van der Waals surface area contributed by atoms with Gasteiger partial charge in [0.15, 0.2) is 0 Å². The molecule has 2 aromatic rings. The summed E-state index contributed by atoms with van der Waals surface area (Å²) in [7, 11) is 1.59. The van der Waals surface area contributed by atoms with Crippen molar-refractivity contribution in [2.24, 2.45) is 5.92 Å². The molecule has 0 aromatic heterocycles. The van der Waals surface area contributed by atoms with Crippen LogP contribution in [0.1, 0.15) is 29.8 Å². The molecule has 6 nitrogen and oxygen atoms in total. The molecule has 0 saturated heterocycles. The van der Waals surface area contributed by atoms with Crippen molar-refractivity contribution in [3.63, 3.8) is 0 Å². The molecule has 6 heteroatoms. The number of methoxy groups -OCH3 is 1. The van der Waals surface area contributed by atoms with E-state index in [0.29, 0.717) is 30.9 Å². The van der Waals surface area contributed by atoms with Crippen LogP contribution in [-0.4, -0.2) is 32.0 Å². The van der Waals surface area contributed by atoms with Crippen LogP contribution >= 0.6 is 0 Å². The average molecular weight is 369 g/mol. The zero-order chi connectivity index (χ0) is 19.6. The highest BCUT2D eigenvalue weighted by Gasteiger charge is 2.07. The van der Waals surface area contributed by atoms with E-state index in [9.17, 15) is 9.59 Å². The van der Waals surface area contributed by atoms with Crippen LogP contribution < -0.4 is 20.7 Å². The van der Waals surface area contributed by atoms with Gasteiger partial charge in [0.2, 0.25) is 5.91 Å². The molecular weight excluding hydrogens is 342 g/mol. The topological polar surface area (TPSA) is 79.5 Å². The van der Waals surface area contributed by atoms with Crippen molar-refractivity contribution in [2.75, 3.05) is 25.5 Å². The summed E-state index contributed by atoms with van der Waals surface area (Å²) < 4.78 is 5.10. The number of amides is 2. The van der Waals surface area contributed by atoms with Gasteiger partial charge in [-0.15, -0.1) is 0 Å². The Bertz CT molecular complexity index is 758. The Hall–Kier alpha value is -2.86. The van der Waals surface area contributed by atoms with E-state index in [1.165, 1.54) is 0 Å². The molecule has 2 aromatic carbocycles. The Balaban J connectivity index is 1.82. The van der Waals surface area contributed by atoms with Gasteiger partial charge < -0.3 is 20.7 Å². The Morgan fingerprint density at radius 3 is 2.44 bits per heavy atom. The third-order valence-electron chi connectivity index (χ3n) is 3.99. The monoisotopic (exact) mass is 369 g/mol. The van der Waals surface area contributed by atoms with Gasteiger partial charge in [-0.3, -0.25) is 9.59 Å². The summed E-state index contributed by atoms with van der Waals surface area (Å²) in [5, 5.41) is 9.04. The summed E-state index contributed by atoms with van der Waals surface area (Å²) in [5.41, 5.74) is 2.36. The van der Waals surface area contributed by atoms with Crippen LogP contribution in [0.4, 0.5) is 5.69 Å². The molecule has 2 rings (SSSR count). The summed E-state index contributed by atoms with van der Waals surface area (Å²) >= 11 is 0. The number of hydrogen-bond acceptors (Lipinski definition) is 4. The maximum Gasteiger partial charge on any atom is 0.255 e. The second kappa shape index (κ2) is 10.3. The molecule has 0 radical (unpaired) electrons. The van der Waals surface area contributed by atoms with E-state index in [1.54, 1.807) is 31.4 Å². The maximum absolute atomic E-state index is 12.3. The number of ether oxygens (including phenoxy) is 1. The lowest BCUT2D eigenvalue weighted by Crippen LogP contribution is -2.34. The highest BCUT2D eigenvalue weighted by Crippen LogP contribution is 2.15. The lowest BCUT2D eigenvalue weighted by atomic mass is 10.1. The first-order valence-corrected chi connectivity index (χ1v) is 9.02. The van der Waals surface area contributed by atoms with Crippen LogP contribution in [0.25, 0.3) is 0 Å². The summed E-state index contributed by atoms with van der Waals surface area (Å²) in [6.45, 7) is 5.67. The van der Waals surface area contributed by atoms with Crippen molar-refractivity contribution in [3.05, 3.63) is 59.7 Å². The minimum absolute atomic E-state index is 0.00371. The number of benzene rings is 2. The van der Waals surface area contributed by atoms with Gasteiger partial charge in [0.1, 0.15) is 5.75 Å². The lowest BCUT2D eigenvalue weighted by Gasteiger charge is -2.10. The molecule has 27 heavy (non-hydrogen) atoms. The third-order valence-corrected chi connectivity index (χ3v) is 3.99. The molecule has 0 bridgehead atoms. The summed E-state index contributed by atoms with van der Waals surface area (Å²) in [5.74, 6) is 0.597. The van der Waals surface area contributed by atoms with Gasteiger partial charge in [0, 0.05) is 36.8 Å². The van der Waals surface area contributed by atoms with Crippen LogP contribution in [-0.2, 0) is 11.3 Å². The Kier molecular flexibility index (Phi) is 7.82. The molecule has 0 aliphatic carbocycles. The molecule has 144 valence electrons. The van der Waals surface area contributed by atoms with Crippen molar-refractivity contribution < 1.29 is 14.3 Å². The zero-order valence-electron chi connectivity index (χ0n) is 16.0. The first kappa shape index (κ1) is 20.5. The van der Waals surface area contributed by atoms with E-state index in [-0.39, 0.29) is 17.7 Å². The van der Waals surface area contributed by atoms with Gasteiger partial charge in [0.05, 0.1) is 7.11 Å². The number of rotatable bonds is 9.